The van der Waals surface area contributed by atoms with Crippen molar-refractivity contribution in [2.75, 3.05) is 6.54 Å². The molecular weight excluding hydrogens is 332 g/mol. The number of carboxylic acid groups (broad SMARTS) is 1. The van der Waals surface area contributed by atoms with Crippen LogP contribution in [0.3, 0.4) is 0 Å². The summed E-state index contributed by atoms with van der Waals surface area (Å²) in [6, 6.07) is 9.51. The molecule has 2 amide bonds. The summed E-state index contributed by atoms with van der Waals surface area (Å²) in [5, 5.41) is 12.0. The number of aliphatic carboxylic acids is 1. The quantitative estimate of drug-likeness (QED) is 0.709. The van der Waals surface area contributed by atoms with Crippen molar-refractivity contribution >= 4 is 17.8 Å². The molecule has 6 heteroatoms. The fourth-order valence-corrected chi connectivity index (χ4v) is 3.40. The lowest BCUT2D eigenvalue weighted by atomic mass is 10.1. The largest absolute Gasteiger partial charge is 0.481 e. The Bertz CT molecular complexity index is 611. The average molecular weight is 360 g/mol. The first-order chi connectivity index (χ1) is 12.5. The van der Waals surface area contributed by atoms with Crippen molar-refractivity contribution in [1.82, 2.24) is 10.2 Å². The summed E-state index contributed by atoms with van der Waals surface area (Å²) in [5.74, 6) is -1.23. The Labute approximate surface area is 154 Å². The molecule has 26 heavy (non-hydrogen) atoms. The van der Waals surface area contributed by atoms with Crippen molar-refractivity contribution in [3.8, 4) is 0 Å². The molecule has 0 aliphatic heterocycles. The van der Waals surface area contributed by atoms with Crippen LogP contribution in [0.2, 0.25) is 0 Å². The number of hydrogen-bond donors (Lipinski definition) is 2. The molecule has 0 unspecified atom stereocenters. The number of rotatable bonds is 9. The van der Waals surface area contributed by atoms with Crippen LogP contribution in [0.5, 0.6) is 0 Å². The van der Waals surface area contributed by atoms with Crippen molar-refractivity contribution in [3.05, 3.63) is 35.9 Å². The monoisotopic (exact) mass is 360 g/mol. The first-order valence-corrected chi connectivity index (χ1v) is 9.33. The summed E-state index contributed by atoms with van der Waals surface area (Å²) in [4.78, 5) is 37.2. The van der Waals surface area contributed by atoms with Crippen LogP contribution in [0.4, 0.5) is 0 Å². The highest BCUT2D eigenvalue weighted by molar-refractivity contribution is 5.84. The summed E-state index contributed by atoms with van der Waals surface area (Å²) in [6.45, 7) is 2.02. The third-order valence-corrected chi connectivity index (χ3v) is 4.92. The number of hydrogen-bond acceptors (Lipinski definition) is 3. The Hall–Kier alpha value is -2.37. The molecule has 2 rings (SSSR count). The molecular formula is C20H28N2O4. The third kappa shape index (κ3) is 6.17. The van der Waals surface area contributed by atoms with Gasteiger partial charge in [0.25, 0.3) is 0 Å². The first kappa shape index (κ1) is 19.9. The van der Waals surface area contributed by atoms with Crippen LogP contribution in [-0.4, -0.2) is 40.4 Å². The van der Waals surface area contributed by atoms with Gasteiger partial charge in [-0.05, 0) is 25.3 Å². The molecule has 6 nitrogen and oxygen atoms in total. The highest BCUT2D eigenvalue weighted by Gasteiger charge is 2.23. The number of carboxylic acids is 1. The van der Waals surface area contributed by atoms with Crippen molar-refractivity contribution in [2.45, 2.75) is 64.0 Å². The Kier molecular flexibility index (Phi) is 7.63. The van der Waals surface area contributed by atoms with Crippen molar-refractivity contribution in [3.63, 3.8) is 0 Å². The minimum absolute atomic E-state index is 0.0926. The van der Waals surface area contributed by atoms with E-state index in [9.17, 15) is 14.4 Å². The van der Waals surface area contributed by atoms with E-state index < -0.39 is 5.97 Å². The molecule has 2 N–H and O–H groups in total. The van der Waals surface area contributed by atoms with Gasteiger partial charge in [-0.2, -0.15) is 0 Å². The lowest BCUT2D eigenvalue weighted by Crippen LogP contribution is -2.37. The predicted molar refractivity (Wildman–Crippen MR) is 98.5 cm³/mol. The van der Waals surface area contributed by atoms with Gasteiger partial charge in [0.1, 0.15) is 0 Å². The van der Waals surface area contributed by atoms with E-state index in [1.54, 1.807) is 4.90 Å². The second-order valence-corrected chi connectivity index (χ2v) is 6.87. The zero-order valence-corrected chi connectivity index (χ0v) is 15.3. The minimum Gasteiger partial charge on any atom is -0.481 e. The summed E-state index contributed by atoms with van der Waals surface area (Å²) in [5.41, 5.74) is 0.946. The summed E-state index contributed by atoms with van der Waals surface area (Å²) >= 11 is 0. The Morgan fingerprint density at radius 3 is 2.38 bits per heavy atom. The normalized spacial score (nSPS) is 15.4. The van der Waals surface area contributed by atoms with E-state index >= 15 is 0 Å². The zero-order valence-electron chi connectivity index (χ0n) is 15.3. The average Bonchev–Trinajstić information content (AvgIpc) is 3.13. The van der Waals surface area contributed by atoms with Crippen LogP contribution < -0.4 is 5.32 Å². The van der Waals surface area contributed by atoms with Crippen LogP contribution >= 0.6 is 0 Å². The molecule has 1 atom stereocenters. The van der Waals surface area contributed by atoms with Crippen molar-refractivity contribution < 1.29 is 19.5 Å². The summed E-state index contributed by atoms with van der Waals surface area (Å²) < 4.78 is 0. The van der Waals surface area contributed by atoms with E-state index in [2.05, 4.69) is 5.32 Å². The van der Waals surface area contributed by atoms with Gasteiger partial charge in [-0.1, -0.05) is 43.2 Å². The number of nitrogens with one attached hydrogen (secondary N) is 1. The molecule has 1 fully saturated rings. The Morgan fingerprint density at radius 2 is 1.77 bits per heavy atom. The maximum absolute atomic E-state index is 12.7. The van der Waals surface area contributed by atoms with Gasteiger partial charge in [0.2, 0.25) is 11.8 Å². The van der Waals surface area contributed by atoms with Gasteiger partial charge in [0.05, 0.1) is 12.5 Å². The van der Waals surface area contributed by atoms with Crippen molar-refractivity contribution in [2.24, 2.45) is 0 Å². The maximum atomic E-state index is 12.7. The van der Waals surface area contributed by atoms with Gasteiger partial charge >= 0.3 is 5.97 Å². The molecule has 0 spiro atoms. The van der Waals surface area contributed by atoms with Gasteiger partial charge in [0.15, 0.2) is 0 Å². The maximum Gasteiger partial charge on any atom is 0.305 e. The first-order valence-electron chi connectivity index (χ1n) is 9.33. The lowest BCUT2D eigenvalue weighted by Gasteiger charge is -2.29. The number of nitrogens with zero attached hydrogens (tertiary/aromatic N) is 1. The second-order valence-electron chi connectivity index (χ2n) is 6.87. The molecule has 1 saturated carbocycles. The fourth-order valence-electron chi connectivity index (χ4n) is 3.40. The van der Waals surface area contributed by atoms with Gasteiger partial charge in [-0.25, -0.2) is 0 Å². The highest BCUT2D eigenvalue weighted by atomic mass is 16.4. The lowest BCUT2D eigenvalue weighted by molar-refractivity contribution is -0.140. The molecule has 142 valence electrons. The molecule has 0 bridgehead atoms. The molecule has 0 radical (unpaired) electrons. The van der Waals surface area contributed by atoms with Gasteiger partial charge in [-0.3, -0.25) is 14.4 Å². The van der Waals surface area contributed by atoms with Crippen LogP contribution in [-0.2, 0) is 14.4 Å². The Balaban J connectivity index is 1.93. The van der Waals surface area contributed by atoms with Gasteiger partial charge < -0.3 is 15.3 Å². The molecule has 1 aromatic rings. The molecule has 0 aromatic heterocycles. The molecule has 1 aromatic carbocycles. The predicted octanol–water partition coefficient (Wildman–Crippen LogP) is 2.89. The van der Waals surface area contributed by atoms with Crippen LogP contribution in [0.25, 0.3) is 0 Å². The topological polar surface area (TPSA) is 86.7 Å². The summed E-state index contributed by atoms with van der Waals surface area (Å²) in [7, 11) is 0. The number of amides is 2. The molecule has 0 saturated heterocycles. The van der Waals surface area contributed by atoms with E-state index in [0.29, 0.717) is 0 Å². The SMILES string of the molecule is C[C@H](c1ccccc1)N(CCC(=O)O)C(=O)CCC(=O)NC1CCCC1. The number of carbonyl (C=O) groups excluding carboxylic acids is 2. The van der Waals surface area contributed by atoms with E-state index in [4.69, 9.17) is 5.11 Å². The van der Waals surface area contributed by atoms with Crippen LogP contribution in [0.15, 0.2) is 30.3 Å². The third-order valence-electron chi connectivity index (χ3n) is 4.92. The van der Waals surface area contributed by atoms with E-state index in [1.807, 2.05) is 37.3 Å². The second kappa shape index (κ2) is 9.94. The van der Waals surface area contributed by atoms with Crippen LogP contribution in [0, 0.1) is 0 Å². The highest BCUT2D eigenvalue weighted by Crippen LogP contribution is 2.22. The van der Waals surface area contributed by atoms with Crippen molar-refractivity contribution in [1.29, 1.82) is 0 Å². The van der Waals surface area contributed by atoms with Gasteiger partial charge in [-0.15, -0.1) is 0 Å². The van der Waals surface area contributed by atoms with Crippen LogP contribution in [0.1, 0.15) is 63.5 Å². The Morgan fingerprint density at radius 1 is 1.12 bits per heavy atom. The molecule has 0 heterocycles. The van der Waals surface area contributed by atoms with E-state index in [-0.39, 0.29) is 49.7 Å². The zero-order chi connectivity index (χ0) is 18.9. The molecule has 1 aliphatic carbocycles. The van der Waals surface area contributed by atoms with Gasteiger partial charge in [0, 0.05) is 25.4 Å². The van der Waals surface area contributed by atoms with E-state index in [1.165, 1.54) is 0 Å². The number of benzene rings is 1. The standard InChI is InChI=1S/C20H28N2O4/c1-15(16-7-3-2-4-8-16)22(14-13-20(25)26)19(24)12-11-18(23)21-17-9-5-6-10-17/h2-4,7-8,15,17H,5-6,9-14H2,1H3,(H,21,23)(H,25,26)/t15-/m1/s1. The molecule has 1 aliphatic rings. The number of carbonyl (C=O) groups is 3. The summed E-state index contributed by atoms with van der Waals surface area (Å²) in [6.07, 6.45) is 4.42. The minimum atomic E-state index is -0.943. The smallest absolute Gasteiger partial charge is 0.305 e. The fraction of sp³-hybridized carbons (Fsp3) is 0.550. The van der Waals surface area contributed by atoms with E-state index in [0.717, 1.165) is 31.2 Å².